The van der Waals surface area contributed by atoms with Gasteiger partial charge in [-0.25, -0.2) is 4.98 Å². The molecular weight excluding hydrogens is 190 g/mol. The minimum absolute atomic E-state index is 0.343. The van der Waals surface area contributed by atoms with Crippen LogP contribution < -0.4 is 5.32 Å². The Morgan fingerprint density at radius 3 is 2.93 bits per heavy atom. The molecule has 0 aromatic carbocycles. The summed E-state index contributed by atoms with van der Waals surface area (Å²) in [7, 11) is 1.91. The van der Waals surface area contributed by atoms with Gasteiger partial charge in [-0.2, -0.15) is 5.10 Å². The Hall–Kier alpha value is -1.49. The van der Waals surface area contributed by atoms with E-state index in [1.165, 1.54) is 0 Å². The molecule has 2 rings (SSSR count). The number of hydrogen-bond donors (Lipinski definition) is 1. The number of fused-ring (bicyclic) bond motifs is 1. The van der Waals surface area contributed by atoms with E-state index < -0.39 is 0 Å². The van der Waals surface area contributed by atoms with Crippen molar-refractivity contribution in [2.24, 2.45) is 0 Å². The third kappa shape index (κ3) is 1.70. The first-order valence-electron chi connectivity index (χ1n) is 5.07. The van der Waals surface area contributed by atoms with Crippen molar-refractivity contribution in [1.29, 1.82) is 0 Å². The quantitative estimate of drug-likeness (QED) is 0.816. The first kappa shape index (κ1) is 10.0. The molecule has 2 heterocycles. The molecule has 5 nitrogen and oxygen atoms in total. The van der Waals surface area contributed by atoms with Crippen LogP contribution in [0.2, 0.25) is 0 Å². The summed E-state index contributed by atoms with van der Waals surface area (Å²) in [6.45, 7) is 4.98. The van der Waals surface area contributed by atoms with Crippen LogP contribution in [0.15, 0.2) is 12.3 Å². The Balaban J connectivity index is 2.63. The topological polar surface area (TPSA) is 55.6 Å². The average molecular weight is 205 g/mol. The minimum atomic E-state index is 0.343. The maximum absolute atomic E-state index is 4.52. The van der Waals surface area contributed by atoms with Gasteiger partial charge in [0.15, 0.2) is 5.65 Å². The first-order valence-corrected chi connectivity index (χ1v) is 5.07. The van der Waals surface area contributed by atoms with Gasteiger partial charge in [-0.05, 0) is 27.0 Å². The highest BCUT2D eigenvalue weighted by molar-refractivity contribution is 5.70. The number of aromatic nitrogens is 4. The lowest BCUT2D eigenvalue weighted by Gasteiger charge is -2.11. The van der Waals surface area contributed by atoms with E-state index in [0.29, 0.717) is 6.04 Å². The van der Waals surface area contributed by atoms with Gasteiger partial charge in [0.05, 0.1) is 12.7 Å². The number of rotatable bonds is 3. The molecular formula is C10H15N5. The molecule has 0 bridgehead atoms. The lowest BCUT2D eigenvalue weighted by molar-refractivity contribution is 0.564. The van der Waals surface area contributed by atoms with Crippen molar-refractivity contribution in [3.63, 3.8) is 0 Å². The zero-order valence-electron chi connectivity index (χ0n) is 9.23. The van der Waals surface area contributed by atoms with E-state index >= 15 is 0 Å². The highest BCUT2D eigenvalue weighted by Gasteiger charge is 2.13. The van der Waals surface area contributed by atoms with Crippen molar-refractivity contribution in [2.45, 2.75) is 26.4 Å². The molecule has 1 N–H and O–H groups in total. The summed E-state index contributed by atoms with van der Waals surface area (Å²) in [6.07, 6.45) is 1.67. The average Bonchev–Trinajstić information content (AvgIpc) is 2.56. The maximum atomic E-state index is 4.52. The summed E-state index contributed by atoms with van der Waals surface area (Å²) in [5, 5.41) is 11.1. The zero-order valence-corrected chi connectivity index (χ0v) is 9.23. The van der Waals surface area contributed by atoms with Gasteiger partial charge in [0, 0.05) is 6.04 Å². The maximum Gasteiger partial charge on any atom is 0.182 e. The van der Waals surface area contributed by atoms with E-state index in [-0.39, 0.29) is 0 Å². The van der Waals surface area contributed by atoms with E-state index in [1.807, 2.05) is 13.1 Å². The molecule has 0 fully saturated rings. The molecule has 15 heavy (non-hydrogen) atoms. The second-order valence-corrected chi connectivity index (χ2v) is 3.76. The monoisotopic (exact) mass is 205 g/mol. The third-order valence-electron chi connectivity index (χ3n) is 2.29. The van der Waals surface area contributed by atoms with Crippen LogP contribution in [0.1, 0.15) is 25.7 Å². The Morgan fingerprint density at radius 1 is 1.47 bits per heavy atom. The molecule has 0 aliphatic heterocycles. The Morgan fingerprint density at radius 2 is 2.27 bits per heavy atom. The van der Waals surface area contributed by atoms with E-state index in [0.717, 1.165) is 23.5 Å². The Kier molecular flexibility index (Phi) is 2.64. The molecule has 2 aromatic rings. The van der Waals surface area contributed by atoms with Crippen molar-refractivity contribution >= 4 is 11.2 Å². The van der Waals surface area contributed by atoms with Gasteiger partial charge in [-0.1, -0.05) is 0 Å². The summed E-state index contributed by atoms with van der Waals surface area (Å²) in [5.74, 6) is 1.00. The normalized spacial score (nSPS) is 11.5. The van der Waals surface area contributed by atoms with E-state index in [1.54, 1.807) is 6.20 Å². The molecule has 0 radical (unpaired) electrons. The van der Waals surface area contributed by atoms with E-state index in [9.17, 15) is 0 Å². The predicted molar refractivity (Wildman–Crippen MR) is 58.5 cm³/mol. The third-order valence-corrected chi connectivity index (χ3v) is 2.29. The van der Waals surface area contributed by atoms with Crippen LogP contribution in [0.4, 0.5) is 0 Å². The van der Waals surface area contributed by atoms with E-state index in [4.69, 9.17) is 0 Å². The zero-order chi connectivity index (χ0) is 10.8. The second-order valence-electron chi connectivity index (χ2n) is 3.76. The number of nitrogens with zero attached hydrogens (tertiary/aromatic N) is 4. The minimum Gasteiger partial charge on any atom is -0.313 e. The van der Waals surface area contributed by atoms with Crippen LogP contribution in [-0.2, 0) is 6.54 Å². The van der Waals surface area contributed by atoms with Crippen molar-refractivity contribution < 1.29 is 0 Å². The predicted octanol–water partition coefficient (Wildman–Crippen LogP) is 1.13. The fourth-order valence-corrected chi connectivity index (χ4v) is 1.72. The Bertz CT molecular complexity index is 460. The molecule has 2 aromatic heterocycles. The van der Waals surface area contributed by atoms with Gasteiger partial charge in [-0.15, -0.1) is 5.10 Å². The smallest absolute Gasteiger partial charge is 0.182 e. The molecule has 0 aliphatic carbocycles. The SMILES string of the molecule is CNCc1nc2ccnnc2n1C(C)C. The first-order chi connectivity index (χ1) is 7.24. The molecule has 0 spiro atoms. The summed E-state index contributed by atoms with van der Waals surface area (Å²) >= 11 is 0. The van der Waals surface area contributed by atoms with Crippen LogP contribution in [-0.4, -0.2) is 26.8 Å². The summed E-state index contributed by atoms with van der Waals surface area (Å²) in [6, 6.07) is 2.23. The number of nitrogens with one attached hydrogen (secondary N) is 1. The summed E-state index contributed by atoms with van der Waals surface area (Å²) in [4.78, 5) is 4.52. The fraction of sp³-hybridized carbons (Fsp3) is 0.500. The molecule has 0 amide bonds. The second kappa shape index (κ2) is 3.94. The van der Waals surface area contributed by atoms with E-state index in [2.05, 4.69) is 38.9 Å². The number of hydrogen-bond acceptors (Lipinski definition) is 4. The fourth-order valence-electron chi connectivity index (χ4n) is 1.72. The Labute approximate surface area is 88.5 Å². The van der Waals surface area contributed by atoms with Gasteiger partial charge in [0.1, 0.15) is 11.3 Å². The summed E-state index contributed by atoms with van der Waals surface area (Å²) < 4.78 is 2.11. The van der Waals surface area contributed by atoms with Gasteiger partial charge in [-0.3, -0.25) is 0 Å². The molecule has 0 aliphatic rings. The van der Waals surface area contributed by atoms with Gasteiger partial charge in [0.25, 0.3) is 0 Å². The van der Waals surface area contributed by atoms with Gasteiger partial charge < -0.3 is 9.88 Å². The van der Waals surface area contributed by atoms with Crippen LogP contribution in [0.3, 0.4) is 0 Å². The van der Waals surface area contributed by atoms with Crippen LogP contribution in [0.25, 0.3) is 11.2 Å². The van der Waals surface area contributed by atoms with Crippen molar-refractivity contribution in [2.75, 3.05) is 7.05 Å². The summed E-state index contributed by atoms with van der Waals surface area (Å²) in [5.41, 5.74) is 1.77. The highest BCUT2D eigenvalue weighted by Crippen LogP contribution is 2.17. The lowest BCUT2D eigenvalue weighted by Crippen LogP contribution is -2.14. The standard InChI is InChI=1S/C10H15N5/c1-7(2)15-9(6-11-3)13-8-4-5-12-14-10(8)15/h4-5,7,11H,6H2,1-3H3. The largest absolute Gasteiger partial charge is 0.313 e. The van der Waals surface area contributed by atoms with Crippen molar-refractivity contribution in [3.05, 3.63) is 18.1 Å². The lowest BCUT2D eigenvalue weighted by atomic mass is 10.3. The van der Waals surface area contributed by atoms with Gasteiger partial charge >= 0.3 is 0 Å². The molecule has 80 valence electrons. The molecule has 5 heteroatoms. The molecule has 0 unspecified atom stereocenters. The van der Waals surface area contributed by atoms with Crippen LogP contribution in [0.5, 0.6) is 0 Å². The number of imidazole rings is 1. The highest BCUT2D eigenvalue weighted by atomic mass is 15.2. The molecule has 0 saturated heterocycles. The van der Waals surface area contributed by atoms with Crippen LogP contribution in [0, 0.1) is 0 Å². The molecule has 0 saturated carbocycles. The van der Waals surface area contributed by atoms with Crippen molar-refractivity contribution in [1.82, 2.24) is 25.1 Å². The van der Waals surface area contributed by atoms with Crippen molar-refractivity contribution in [3.8, 4) is 0 Å². The van der Waals surface area contributed by atoms with Gasteiger partial charge in [0.2, 0.25) is 0 Å². The van der Waals surface area contributed by atoms with Crippen LogP contribution >= 0.6 is 0 Å². The molecule has 0 atom stereocenters.